The molecule has 1 atom stereocenters. The van der Waals surface area contributed by atoms with Crippen LogP contribution in [0.5, 0.6) is 0 Å². The molecule has 2 amide bonds. The summed E-state index contributed by atoms with van der Waals surface area (Å²) in [7, 11) is -3.58. The lowest BCUT2D eigenvalue weighted by Gasteiger charge is -2.19. The minimum absolute atomic E-state index is 0.147. The number of likely N-dealkylation sites (tertiary alicyclic amines) is 1. The lowest BCUT2D eigenvalue weighted by Crippen LogP contribution is -2.39. The first-order valence-corrected chi connectivity index (χ1v) is 14.2. The van der Waals surface area contributed by atoms with E-state index in [4.69, 9.17) is 0 Å². The minimum atomic E-state index is -3.58. The third kappa shape index (κ3) is 7.50. The molecule has 0 bridgehead atoms. The largest absolute Gasteiger partial charge is 0.337 e. The molecule has 37 heavy (non-hydrogen) atoms. The standard InChI is InChI=1S/C28H37N5O3S/c1-20-17-26(24-7-5-6-8-25(24)30-20)31-27(34)29-14-16-33-15-13-22(19-33)32-37(35,36)23-11-9-21(10-12-23)18-28(2,3)4/h5-12,17,22,32H,13-16,18-19H2,1-4H3,(H2,29,30,31,34). The second-order valence-electron chi connectivity index (χ2n) is 11.0. The average molecular weight is 524 g/mol. The highest BCUT2D eigenvalue weighted by Gasteiger charge is 2.27. The number of nitrogens with zero attached hydrogens (tertiary/aromatic N) is 2. The second kappa shape index (κ2) is 11.2. The van der Waals surface area contributed by atoms with Crippen molar-refractivity contribution in [3.05, 3.63) is 65.9 Å². The van der Waals surface area contributed by atoms with E-state index in [1.165, 1.54) is 0 Å². The molecular formula is C28H37N5O3S. The van der Waals surface area contributed by atoms with Gasteiger partial charge in [0, 0.05) is 36.8 Å². The summed E-state index contributed by atoms with van der Waals surface area (Å²) >= 11 is 0. The molecule has 3 aromatic rings. The first-order valence-electron chi connectivity index (χ1n) is 12.7. The molecule has 0 aliphatic carbocycles. The van der Waals surface area contributed by atoms with Crippen molar-refractivity contribution < 1.29 is 13.2 Å². The number of amides is 2. The Kier molecular flexibility index (Phi) is 8.16. The summed E-state index contributed by atoms with van der Waals surface area (Å²) in [4.78, 5) is 19.4. The zero-order valence-corrected chi connectivity index (χ0v) is 22.9. The van der Waals surface area contributed by atoms with E-state index in [-0.39, 0.29) is 17.5 Å². The molecule has 3 N–H and O–H groups in total. The van der Waals surface area contributed by atoms with Gasteiger partial charge in [0.2, 0.25) is 10.0 Å². The molecule has 1 unspecified atom stereocenters. The molecule has 0 spiro atoms. The van der Waals surface area contributed by atoms with Crippen molar-refractivity contribution in [2.45, 2.75) is 51.5 Å². The molecule has 8 nitrogen and oxygen atoms in total. The maximum absolute atomic E-state index is 12.9. The molecule has 198 valence electrons. The van der Waals surface area contributed by atoms with Gasteiger partial charge < -0.3 is 10.6 Å². The van der Waals surface area contributed by atoms with Crippen molar-refractivity contribution in [2.24, 2.45) is 5.41 Å². The van der Waals surface area contributed by atoms with Gasteiger partial charge in [-0.3, -0.25) is 9.88 Å². The SMILES string of the molecule is Cc1cc(NC(=O)NCCN2CCC(NS(=O)(=O)c3ccc(CC(C)(C)C)cc3)C2)c2ccccc2n1. The van der Waals surface area contributed by atoms with Gasteiger partial charge in [0.05, 0.1) is 16.1 Å². The smallest absolute Gasteiger partial charge is 0.319 e. The van der Waals surface area contributed by atoms with Crippen LogP contribution in [0.3, 0.4) is 0 Å². The highest BCUT2D eigenvalue weighted by atomic mass is 32.2. The fourth-order valence-corrected chi connectivity index (χ4v) is 5.99. The van der Waals surface area contributed by atoms with E-state index >= 15 is 0 Å². The predicted octanol–water partition coefficient (Wildman–Crippen LogP) is 4.31. The number of pyridine rings is 1. The number of aryl methyl sites for hydroxylation is 1. The molecule has 1 aliphatic rings. The Balaban J connectivity index is 1.24. The van der Waals surface area contributed by atoms with E-state index in [1.807, 2.05) is 49.4 Å². The Morgan fingerprint density at radius 2 is 1.84 bits per heavy atom. The molecular weight excluding hydrogens is 486 g/mol. The number of carbonyl (C=O) groups is 1. The van der Waals surface area contributed by atoms with Crippen LogP contribution in [0.4, 0.5) is 10.5 Å². The summed E-state index contributed by atoms with van der Waals surface area (Å²) in [6, 6.07) is 16.3. The molecule has 2 aromatic carbocycles. The van der Waals surface area contributed by atoms with E-state index in [2.05, 4.69) is 46.0 Å². The van der Waals surface area contributed by atoms with E-state index in [9.17, 15) is 13.2 Å². The highest BCUT2D eigenvalue weighted by Crippen LogP contribution is 2.23. The van der Waals surface area contributed by atoms with Crippen LogP contribution in [0.2, 0.25) is 0 Å². The van der Waals surface area contributed by atoms with Crippen LogP contribution in [0.25, 0.3) is 10.9 Å². The minimum Gasteiger partial charge on any atom is -0.337 e. The van der Waals surface area contributed by atoms with Crippen LogP contribution < -0.4 is 15.4 Å². The van der Waals surface area contributed by atoms with Gasteiger partial charge in [-0.15, -0.1) is 0 Å². The number of aromatic nitrogens is 1. The fourth-order valence-electron chi connectivity index (χ4n) is 4.72. The van der Waals surface area contributed by atoms with Crippen LogP contribution in [-0.2, 0) is 16.4 Å². The molecule has 1 aliphatic heterocycles. The Hall–Kier alpha value is -3.01. The van der Waals surface area contributed by atoms with E-state index in [1.54, 1.807) is 12.1 Å². The third-order valence-electron chi connectivity index (χ3n) is 6.37. The van der Waals surface area contributed by atoms with Crippen molar-refractivity contribution in [1.82, 2.24) is 19.9 Å². The maximum atomic E-state index is 12.9. The lowest BCUT2D eigenvalue weighted by molar-refractivity contribution is 0.249. The Labute approximate surface area is 219 Å². The van der Waals surface area contributed by atoms with Crippen LogP contribution in [-0.4, -0.2) is 56.6 Å². The molecule has 1 saturated heterocycles. The number of hydrogen-bond acceptors (Lipinski definition) is 5. The first kappa shape index (κ1) is 27.0. The molecule has 1 aromatic heterocycles. The van der Waals surface area contributed by atoms with Gasteiger partial charge in [0.1, 0.15) is 0 Å². The van der Waals surface area contributed by atoms with Gasteiger partial charge in [-0.25, -0.2) is 17.9 Å². The molecule has 4 rings (SSSR count). The number of nitrogens with one attached hydrogen (secondary N) is 3. The molecule has 0 saturated carbocycles. The number of sulfonamides is 1. The molecule has 1 fully saturated rings. The third-order valence-corrected chi connectivity index (χ3v) is 7.90. The summed E-state index contributed by atoms with van der Waals surface area (Å²) in [5.74, 6) is 0. The van der Waals surface area contributed by atoms with Crippen molar-refractivity contribution in [1.29, 1.82) is 0 Å². The number of hydrogen-bond donors (Lipinski definition) is 3. The van der Waals surface area contributed by atoms with E-state index in [0.717, 1.165) is 47.2 Å². The first-order chi connectivity index (χ1) is 17.5. The number of anilines is 1. The Morgan fingerprint density at radius 3 is 2.57 bits per heavy atom. The number of para-hydroxylation sites is 1. The van der Waals surface area contributed by atoms with Gasteiger partial charge in [-0.1, -0.05) is 51.1 Å². The van der Waals surface area contributed by atoms with Gasteiger partial charge >= 0.3 is 6.03 Å². The van der Waals surface area contributed by atoms with Crippen LogP contribution in [0.1, 0.15) is 38.4 Å². The summed E-state index contributed by atoms with van der Waals surface area (Å²) in [6.07, 6.45) is 1.62. The van der Waals surface area contributed by atoms with E-state index < -0.39 is 10.0 Å². The van der Waals surface area contributed by atoms with Gasteiger partial charge in [-0.2, -0.15) is 0 Å². The zero-order valence-electron chi connectivity index (χ0n) is 22.0. The second-order valence-corrected chi connectivity index (χ2v) is 12.7. The van der Waals surface area contributed by atoms with Crippen molar-refractivity contribution in [3.63, 3.8) is 0 Å². The maximum Gasteiger partial charge on any atom is 0.319 e. The van der Waals surface area contributed by atoms with Crippen LogP contribution >= 0.6 is 0 Å². The number of fused-ring (bicyclic) bond motifs is 1. The van der Waals surface area contributed by atoms with Gasteiger partial charge in [-0.05, 0) is 61.6 Å². The Morgan fingerprint density at radius 1 is 1.11 bits per heavy atom. The number of rotatable bonds is 8. The quantitative estimate of drug-likeness (QED) is 0.408. The topological polar surface area (TPSA) is 103 Å². The summed E-state index contributed by atoms with van der Waals surface area (Å²) in [6.45, 7) is 10.9. The van der Waals surface area contributed by atoms with Crippen molar-refractivity contribution >= 4 is 32.6 Å². The predicted molar refractivity (Wildman–Crippen MR) is 148 cm³/mol. The van der Waals surface area contributed by atoms with Gasteiger partial charge in [0.15, 0.2) is 0 Å². The van der Waals surface area contributed by atoms with Crippen LogP contribution in [0, 0.1) is 12.3 Å². The van der Waals surface area contributed by atoms with Crippen molar-refractivity contribution in [2.75, 3.05) is 31.5 Å². The van der Waals surface area contributed by atoms with Crippen LogP contribution in [0.15, 0.2) is 59.5 Å². The Bertz CT molecular complexity index is 1350. The summed E-state index contributed by atoms with van der Waals surface area (Å²) < 4.78 is 28.6. The molecule has 0 radical (unpaired) electrons. The number of carbonyl (C=O) groups excluding carboxylic acids is 1. The zero-order chi connectivity index (χ0) is 26.6. The normalized spacial score (nSPS) is 16.7. The van der Waals surface area contributed by atoms with Gasteiger partial charge in [0.25, 0.3) is 0 Å². The monoisotopic (exact) mass is 523 g/mol. The number of benzene rings is 2. The lowest BCUT2D eigenvalue weighted by atomic mass is 9.88. The van der Waals surface area contributed by atoms with E-state index in [0.29, 0.717) is 24.5 Å². The highest BCUT2D eigenvalue weighted by molar-refractivity contribution is 7.89. The van der Waals surface area contributed by atoms with Crippen molar-refractivity contribution in [3.8, 4) is 0 Å². The summed E-state index contributed by atoms with van der Waals surface area (Å²) in [5, 5.41) is 6.72. The fraction of sp³-hybridized carbons (Fsp3) is 0.429. The molecule has 9 heteroatoms. The molecule has 2 heterocycles. The summed E-state index contributed by atoms with van der Waals surface area (Å²) in [5.41, 5.74) is 3.67. The number of urea groups is 1. The average Bonchev–Trinajstić information content (AvgIpc) is 3.24.